The van der Waals surface area contributed by atoms with E-state index in [1.54, 1.807) is 11.9 Å². The van der Waals surface area contributed by atoms with Gasteiger partial charge in [-0.3, -0.25) is 9.40 Å². The van der Waals surface area contributed by atoms with Crippen LogP contribution in [0.1, 0.15) is 33.7 Å². The third-order valence-electron chi connectivity index (χ3n) is 5.40. The van der Waals surface area contributed by atoms with Crippen LogP contribution in [0.3, 0.4) is 0 Å². The summed E-state index contributed by atoms with van der Waals surface area (Å²) in [6, 6.07) is 5.72. The number of aromatic carboxylic acids is 1. The number of aryl methyl sites for hydroxylation is 2. The van der Waals surface area contributed by atoms with Crippen molar-refractivity contribution in [3.8, 4) is 0 Å². The summed E-state index contributed by atoms with van der Waals surface area (Å²) in [5.74, 6) is -1.72. The Morgan fingerprint density at radius 2 is 2.00 bits per heavy atom. The number of halogens is 1. The Morgan fingerprint density at radius 3 is 2.61 bits per heavy atom. The van der Waals surface area contributed by atoms with Crippen molar-refractivity contribution >= 4 is 27.5 Å². The van der Waals surface area contributed by atoms with Crippen molar-refractivity contribution in [3.63, 3.8) is 0 Å². The van der Waals surface area contributed by atoms with Crippen LogP contribution < -0.4 is 9.62 Å². The number of pyridine rings is 1. The number of carboxylic acids is 1. The number of hydrogen-bond acceptors (Lipinski definition) is 6. The molecule has 0 radical (unpaired) electrons. The van der Waals surface area contributed by atoms with E-state index in [1.807, 2.05) is 25.6 Å². The second-order valence-corrected chi connectivity index (χ2v) is 9.44. The number of sulfonamides is 1. The van der Waals surface area contributed by atoms with E-state index in [-0.39, 0.29) is 22.0 Å². The van der Waals surface area contributed by atoms with Crippen molar-refractivity contribution in [1.29, 1.82) is 0 Å². The van der Waals surface area contributed by atoms with Crippen LogP contribution in [0.2, 0.25) is 0 Å². The van der Waals surface area contributed by atoms with E-state index in [1.165, 1.54) is 30.0 Å². The number of rotatable bonds is 9. The highest BCUT2D eigenvalue weighted by atomic mass is 32.2. The molecule has 2 heterocycles. The lowest BCUT2D eigenvalue weighted by Gasteiger charge is -2.20. The molecule has 0 aliphatic rings. The van der Waals surface area contributed by atoms with Crippen molar-refractivity contribution in [3.05, 3.63) is 64.9 Å². The molecule has 0 aliphatic heterocycles. The summed E-state index contributed by atoms with van der Waals surface area (Å²) >= 11 is 0. The molecule has 2 N–H and O–H groups in total. The van der Waals surface area contributed by atoms with E-state index in [2.05, 4.69) is 14.8 Å². The Morgan fingerprint density at radius 1 is 1.27 bits per heavy atom. The summed E-state index contributed by atoms with van der Waals surface area (Å²) in [5, 5.41) is 14.1. The predicted octanol–water partition coefficient (Wildman–Crippen LogP) is 3.14. The summed E-state index contributed by atoms with van der Waals surface area (Å²) in [6.07, 6.45) is 2.77. The summed E-state index contributed by atoms with van der Waals surface area (Å²) in [6.45, 7) is 4.50. The van der Waals surface area contributed by atoms with Gasteiger partial charge in [0.05, 0.1) is 22.5 Å². The van der Waals surface area contributed by atoms with Gasteiger partial charge in [-0.2, -0.15) is 5.10 Å². The maximum atomic E-state index is 13.4. The van der Waals surface area contributed by atoms with Gasteiger partial charge in [-0.25, -0.2) is 22.6 Å². The van der Waals surface area contributed by atoms with Gasteiger partial charge in [-0.15, -0.1) is 0 Å². The summed E-state index contributed by atoms with van der Waals surface area (Å²) < 4.78 is 42.5. The van der Waals surface area contributed by atoms with E-state index < -0.39 is 21.8 Å². The van der Waals surface area contributed by atoms with Gasteiger partial charge in [0.1, 0.15) is 17.2 Å². The number of aromatic nitrogens is 3. The average molecular weight is 476 g/mol. The first kappa shape index (κ1) is 24.2. The molecule has 0 bridgehead atoms. The van der Waals surface area contributed by atoms with Crippen molar-refractivity contribution < 1.29 is 22.7 Å². The van der Waals surface area contributed by atoms with Gasteiger partial charge in [0.2, 0.25) is 0 Å². The molecule has 0 atom stereocenters. The molecule has 9 nitrogen and oxygen atoms in total. The van der Waals surface area contributed by atoms with Crippen molar-refractivity contribution in [2.45, 2.75) is 31.6 Å². The average Bonchev–Trinajstić information content (AvgIpc) is 2.99. The topological polar surface area (TPSA) is 117 Å². The Bertz CT molecular complexity index is 1290. The lowest BCUT2D eigenvalue weighted by atomic mass is 10.1. The van der Waals surface area contributed by atoms with Crippen LogP contribution in [0.4, 0.5) is 15.9 Å². The highest BCUT2D eigenvalue weighted by Gasteiger charge is 2.20. The Balaban J connectivity index is 1.76. The number of hydrogen-bond donors (Lipinski definition) is 2. The van der Waals surface area contributed by atoms with Crippen molar-refractivity contribution in [2.24, 2.45) is 7.05 Å². The van der Waals surface area contributed by atoms with E-state index >= 15 is 0 Å². The second kappa shape index (κ2) is 9.57. The zero-order valence-electron chi connectivity index (χ0n) is 18.8. The quantitative estimate of drug-likeness (QED) is 0.488. The highest BCUT2D eigenvalue weighted by Crippen LogP contribution is 2.24. The maximum Gasteiger partial charge on any atom is 0.339 e. The first-order valence-corrected chi connectivity index (χ1v) is 11.7. The fraction of sp³-hybridized carbons (Fsp3) is 0.318. The number of carboxylic acid groups (broad SMARTS) is 1. The molecule has 1 aromatic carbocycles. The molecule has 2 aromatic heterocycles. The molecule has 0 unspecified atom stereocenters. The van der Waals surface area contributed by atoms with E-state index in [9.17, 15) is 22.7 Å². The Hall–Kier alpha value is -3.47. The van der Waals surface area contributed by atoms with Crippen LogP contribution in [0.15, 0.2) is 41.4 Å². The normalized spacial score (nSPS) is 11.4. The molecule has 0 saturated carbocycles. The minimum absolute atomic E-state index is 0.0320. The Labute approximate surface area is 191 Å². The third kappa shape index (κ3) is 5.48. The molecule has 0 aliphatic carbocycles. The molecule has 0 amide bonds. The molecule has 0 saturated heterocycles. The van der Waals surface area contributed by atoms with Crippen LogP contribution in [0, 0.1) is 19.7 Å². The van der Waals surface area contributed by atoms with Gasteiger partial charge in [0.25, 0.3) is 10.0 Å². The summed E-state index contributed by atoms with van der Waals surface area (Å²) in [4.78, 5) is 17.5. The number of nitrogens with one attached hydrogen (secondary N) is 1. The van der Waals surface area contributed by atoms with Crippen LogP contribution in [-0.4, -0.2) is 47.9 Å². The van der Waals surface area contributed by atoms with E-state index in [4.69, 9.17) is 0 Å². The van der Waals surface area contributed by atoms with Gasteiger partial charge in [0, 0.05) is 26.3 Å². The SMILES string of the molecule is Cc1nn(C)c(C)c1CCCN(C)c1ncc(NS(=O)(=O)c2cccc(F)c2)cc1C(=O)O. The number of anilines is 2. The molecule has 0 spiro atoms. The van der Waals surface area contributed by atoms with Gasteiger partial charge in [0.15, 0.2) is 0 Å². The smallest absolute Gasteiger partial charge is 0.339 e. The maximum absolute atomic E-state index is 13.4. The lowest BCUT2D eigenvalue weighted by Crippen LogP contribution is -2.23. The molecule has 11 heteroatoms. The monoisotopic (exact) mass is 475 g/mol. The molecule has 0 fully saturated rings. The minimum Gasteiger partial charge on any atom is -0.478 e. The van der Waals surface area contributed by atoms with E-state index in [0.717, 1.165) is 36.4 Å². The zero-order chi connectivity index (χ0) is 24.3. The molecule has 3 rings (SSSR count). The van der Waals surface area contributed by atoms with E-state index in [0.29, 0.717) is 6.54 Å². The molecule has 176 valence electrons. The lowest BCUT2D eigenvalue weighted by molar-refractivity contribution is 0.0697. The number of benzene rings is 1. The number of nitrogens with zero attached hydrogens (tertiary/aromatic N) is 4. The van der Waals surface area contributed by atoms with Crippen LogP contribution in [0.5, 0.6) is 0 Å². The highest BCUT2D eigenvalue weighted by molar-refractivity contribution is 7.92. The zero-order valence-corrected chi connectivity index (χ0v) is 19.6. The summed E-state index contributed by atoms with van der Waals surface area (Å²) in [7, 11) is -0.482. The largest absolute Gasteiger partial charge is 0.478 e. The summed E-state index contributed by atoms with van der Waals surface area (Å²) in [5.41, 5.74) is 3.05. The fourth-order valence-corrected chi connectivity index (χ4v) is 4.67. The van der Waals surface area contributed by atoms with Crippen molar-refractivity contribution in [2.75, 3.05) is 23.2 Å². The van der Waals surface area contributed by atoms with Gasteiger partial charge >= 0.3 is 5.97 Å². The van der Waals surface area contributed by atoms with Crippen LogP contribution in [-0.2, 0) is 23.5 Å². The molecule has 3 aromatic rings. The molecular formula is C22H26FN5O4S. The van der Waals surface area contributed by atoms with Crippen molar-refractivity contribution in [1.82, 2.24) is 14.8 Å². The molecule has 33 heavy (non-hydrogen) atoms. The van der Waals surface area contributed by atoms with Gasteiger partial charge < -0.3 is 10.0 Å². The van der Waals surface area contributed by atoms with Crippen LogP contribution >= 0.6 is 0 Å². The Kier molecular flexibility index (Phi) is 7.01. The fourth-order valence-electron chi connectivity index (χ4n) is 3.60. The predicted molar refractivity (Wildman–Crippen MR) is 123 cm³/mol. The second-order valence-electron chi connectivity index (χ2n) is 7.76. The van der Waals surface area contributed by atoms with Crippen LogP contribution in [0.25, 0.3) is 0 Å². The first-order chi connectivity index (χ1) is 15.5. The minimum atomic E-state index is -4.11. The first-order valence-electron chi connectivity index (χ1n) is 10.2. The third-order valence-corrected chi connectivity index (χ3v) is 6.78. The van der Waals surface area contributed by atoms with Gasteiger partial charge in [-0.05, 0) is 56.5 Å². The number of carbonyl (C=O) groups is 1. The molecular weight excluding hydrogens is 449 g/mol. The standard InChI is InChI=1S/C22H26FN5O4S/c1-14-19(15(2)28(4)25-14)9-6-10-27(3)21-20(22(29)30)12-17(13-24-21)26-33(31,32)18-8-5-7-16(23)11-18/h5,7-8,11-13,26H,6,9-10H2,1-4H3,(H,29,30). The van der Waals surface area contributed by atoms with Gasteiger partial charge in [-0.1, -0.05) is 6.07 Å².